The molecule has 3 aliphatic rings. The van der Waals surface area contributed by atoms with Crippen molar-refractivity contribution in [1.82, 2.24) is 19.3 Å². The number of aryl methyl sites for hydroxylation is 1. The monoisotopic (exact) mass is 480 g/mol. The van der Waals surface area contributed by atoms with Crippen LogP contribution >= 0.6 is 0 Å². The van der Waals surface area contributed by atoms with Crippen LogP contribution in [0.1, 0.15) is 54.2 Å². The van der Waals surface area contributed by atoms with Gasteiger partial charge in [-0.3, -0.25) is 4.79 Å². The van der Waals surface area contributed by atoms with Gasteiger partial charge in [-0.2, -0.15) is 0 Å². The number of piperidine rings is 1. The van der Waals surface area contributed by atoms with Crippen LogP contribution in [-0.2, 0) is 13.6 Å². The number of aliphatic hydroxyl groups is 1. The van der Waals surface area contributed by atoms with E-state index in [1.807, 2.05) is 40.9 Å². The summed E-state index contributed by atoms with van der Waals surface area (Å²) in [5.74, 6) is 1.73. The molecule has 8 heteroatoms. The molecule has 188 valence electrons. The van der Waals surface area contributed by atoms with Crippen molar-refractivity contribution in [2.24, 2.45) is 7.05 Å². The number of carbonyl (C=O) groups excluding carboxylic acids is 1. The molecule has 1 aromatic carbocycles. The quantitative estimate of drug-likeness (QED) is 0.725. The summed E-state index contributed by atoms with van der Waals surface area (Å²) in [6.45, 7) is 6.89. The molecular weight excluding hydrogens is 444 g/mol. The number of likely N-dealkylation sites (N-methyl/N-ethyl adjacent to an activating group) is 1. The molecule has 2 saturated heterocycles. The lowest BCUT2D eigenvalue weighted by Crippen LogP contribution is -2.55. The van der Waals surface area contributed by atoms with E-state index in [0.29, 0.717) is 25.3 Å². The van der Waals surface area contributed by atoms with Crippen LogP contribution in [0.15, 0.2) is 42.2 Å². The van der Waals surface area contributed by atoms with Gasteiger partial charge in [0.15, 0.2) is 6.35 Å². The number of methoxy groups -OCH3 is 2. The van der Waals surface area contributed by atoms with E-state index in [0.717, 1.165) is 47.7 Å². The standard InChI is InChI=1S/C27H36N4O4/c1-6-31-26(33)30-17-19-15-20(34-4)16-22(35-5)24(19)18(2)14-23(30)27(31)9-12-29(13-10-27)25(32)21-8-7-11-28(21)3/h7-8,11,14-16,18,26,33H,6,9-10,12-13,17H2,1-5H3. The van der Waals surface area contributed by atoms with Crippen molar-refractivity contribution in [3.8, 4) is 11.5 Å². The largest absolute Gasteiger partial charge is 0.497 e. The van der Waals surface area contributed by atoms with Crippen LogP contribution < -0.4 is 9.47 Å². The molecule has 0 aliphatic carbocycles. The number of carbonyl (C=O) groups is 1. The number of likely N-dealkylation sites (tertiary alicyclic amines) is 1. The van der Waals surface area contributed by atoms with E-state index in [2.05, 4.69) is 35.8 Å². The number of amides is 1. The highest BCUT2D eigenvalue weighted by molar-refractivity contribution is 5.92. The third kappa shape index (κ3) is 3.62. The van der Waals surface area contributed by atoms with Crippen LogP contribution in [0.2, 0.25) is 0 Å². The number of ether oxygens (including phenoxy) is 2. The number of fused-ring (bicyclic) bond motifs is 3. The average Bonchev–Trinajstić information content (AvgIpc) is 3.32. The van der Waals surface area contributed by atoms with Crippen molar-refractivity contribution in [2.45, 2.75) is 51.0 Å². The van der Waals surface area contributed by atoms with Crippen molar-refractivity contribution < 1.29 is 19.4 Å². The molecule has 2 atom stereocenters. The number of benzene rings is 1. The zero-order chi connectivity index (χ0) is 24.9. The highest BCUT2D eigenvalue weighted by atomic mass is 16.5. The minimum atomic E-state index is -0.725. The smallest absolute Gasteiger partial charge is 0.270 e. The number of aromatic nitrogens is 1. The molecule has 2 fully saturated rings. The molecule has 1 spiro atoms. The molecule has 1 aromatic heterocycles. The zero-order valence-corrected chi connectivity index (χ0v) is 21.3. The van der Waals surface area contributed by atoms with Gasteiger partial charge in [0.1, 0.15) is 17.2 Å². The highest BCUT2D eigenvalue weighted by Gasteiger charge is 2.55. The molecule has 0 bridgehead atoms. The number of hydrogen-bond donors (Lipinski definition) is 1. The molecule has 35 heavy (non-hydrogen) atoms. The van der Waals surface area contributed by atoms with Gasteiger partial charge in [0, 0.05) is 62.7 Å². The van der Waals surface area contributed by atoms with Gasteiger partial charge in [-0.15, -0.1) is 0 Å². The van der Waals surface area contributed by atoms with Gasteiger partial charge in [0.2, 0.25) is 0 Å². The van der Waals surface area contributed by atoms with E-state index < -0.39 is 6.35 Å². The van der Waals surface area contributed by atoms with Gasteiger partial charge in [-0.1, -0.05) is 19.9 Å². The Morgan fingerprint density at radius 1 is 1.20 bits per heavy atom. The lowest BCUT2D eigenvalue weighted by atomic mass is 9.82. The zero-order valence-electron chi connectivity index (χ0n) is 21.3. The summed E-state index contributed by atoms with van der Waals surface area (Å²) < 4.78 is 13.2. The second kappa shape index (κ2) is 8.91. The van der Waals surface area contributed by atoms with Gasteiger partial charge in [0.25, 0.3) is 5.91 Å². The topological polar surface area (TPSA) is 70.4 Å². The Morgan fingerprint density at radius 2 is 1.94 bits per heavy atom. The molecule has 5 rings (SSSR count). The summed E-state index contributed by atoms with van der Waals surface area (Å²) >= 11 is 0. The SMILES string of the molecule is CCN1C(O)N2Cc3cc(OC)cc(OC)c3C(C)C=C2C12CCN(C(=O)c1cccn1C)CC2. The fraction of sp³-hybridized carbons (Fsp3) is 0.519. The highest BCUT2D eigenvalue weighted by Crippen LogP contribution is 2.50. The Bertz CT molecular complexity index is 1150. The summed E-state index contributed by atoms with van der Waals surface area (Å²) in [5.41, 5.74) is 3.79. The lowest BCUT2D eigenvalue weighted by molar-refractivity contribution is -0.0852. The van der Waals surface area contributed by atoms with Crippen LogP contribution in [0, 0.1) is 0 Å². The third-order valence-electron chi connectivity index (χ3n) is 8.14. The fourth-order valence-corrected chi connectivity index (χ4v) is 6.37. The van der Waals surface area contributed by atoms with Gasteiger partial charge in [-0.05, 0) is 36.6 Å². The Labute approximate surface area is 207 Å². The Kier molecular flexibility index (Phi) is 6.05. The summed E-state index contributed by atoms with van der Waals surface area (Å²) in [7, 11) is 5.25. The van der Waals surface area contributed by atoms with Crippen molar-refractivity contribution in [3.05, 3.63) is 59.1 Å². The molecule has 2 aromatic rings. The Hall–Kier alpha value is -2.97. The molecule has 0 radical (unpaired) electrons. The van der Waals surface area contributed by atoms with Crippen LogP contribution in [0.4, 0.5) is 0 Å². The number of hydrogen-bond acceptors (Lipinski definition) is 6. The van der Waals surface area contributed by atoms with Crippen molar-refractivity contribution in [3.63, 3.8) is 0 Å². The van der Waals surface area contributed by atoms with E-state index in [4.69, 9.17) is 9.47 Å². The third-order valence-corrected chi connectivity index (χ3v) is 8.14. The minimum absolute atomic E-state index is 0.0678. The second-order valence-corrected chi connectivity index (χ2v) is 9.83. The molecule has 1 amide bonds. The van der Waals surface area contributed by atoms with Crippen molar-refractivity contribution >= 4 is 5.91 Å². The fourth-order valence-electron chi connectivity index (χ4n) is 6.37. The summed E-state index contributed by atoms with van der Waals surface area (Å²) in [5, 5.41) is 11.5. The van der Waals surface area contributed by atoms with Crippen LogP contribution in [0.5, 0.6) is 11.5 Å². The summed E-state index contributed by atoms with van der Waals surface area (Å²) in [6.07, 6.45) is 5.03. The normalized spacial score (nSPS) is 23.5. The first-order valence-electron chi connectivity index (χ1n) is 12.4. The van der Waals surface area contributed by atoms with Gasteiger partial charge < -0.3 is 28.9 Å². The first-order chi connectivity index (χ1) is 16.8. The maximum atomic E-state index is 13.2. The first kappa shape index (κ1) is 23.8. The van der Waals surface area contributed by atoms with Gasteiger partial charge in [0.05, 0.1) is 19.8 Å². The predicted molar refractivity (Wildman–Crippen MR) is 133 cm³/mol. The Balaban J connectivity index is 1.49. The van der Waals surface area contributed by atoms with Gasteiger partial charge in [-0.25, -0.2) is 4.90 Å². The average molecular weight is 481 g/mol. The lowest BCUT2D eigenvalue weighted by Gasteiger charge is -2.45. The molecule has 4 heterocycles. The second-order valence-electron chi connectivity index (χ2n) is 9.83. The van der Waals surface area contributed by atoms with Crippen molar-refractivity contribution in [1.29, 1.82) is 0 Å². The van der Waals surface area contributed by atoms with Gasteiger partial charge >= 0.3 is 0 Å². The van der Waals surface area contributed by atoms with E-state index in [9.17, 15) is 9.90 Å². The minimum Gasteiger partial charge on any atom is -0.497 e. The number of nitrogens with zero attached hydrogens (tertiary/aromatic N) is 4. The summed E-state index contributed by atoms with van der Waals surface area (Å²) in [4.78, 5) is 19.4. The molecule has 3 aliphatic heterocycles. The number of allylic oxidation sites excluding steroid dienone is 1. The van der Waals surface area contributed by atoms with E-state index in [1.165, 1.54) is 0 Å². The molecule has 0 saturated carbocycles. The Morgan fingerprint density at radius 3 is 2.54 bits per heavy atom. The molecular formula is C27H36N4O4. The maximum Gasteiger partial charge on any atom is 0.270 e. The van der Waals surface area contributed by atoms with Crippen LogP contribution in [0.3, 0.4) is 0 Å². The first-order valence-corrected chi connectivity index (χ1v) is 12.4. The van der Waals surface area contributed by atoms with Crippen LogP contribution in [-0.4, -0.2) is 76.0 Å². The number of aliphatic hydroxyl groups excluding tert-OH is 1. The maximum absolute atomic E-state index is 13.2. The number of rotatable bonds is 4. The van der Waals surface area contributed by atoms with E-state index >= 15 is 0 Å². The van der Waals surface area contributed by atoms with Crippen molar-refractivity contribution in [2.75, 3.05) is 33.9 Å². The van der Waals surface area contributed by atoms with E-state index in [-0.39, 0.29) is 17.4 Å². The molecule has 2 unspecified atom stereocenters. The van der Waals surface area contributed by atoms with E-state index in [1.54, 1.807) is 14.2 Å². The summed E-state index contributed by atoms with van der Waals surface area (Å²) in [6, 6.07) is 7.77. The molecule has 1 N–H and O–H groups in total. The molecule has 8 nitrogen and oxygen atoms in total. The predicted octanol–water partition coefficient (Wildman–Crippen LogP) is 3.13. The van der Waals surface area contributed by atoms with Crippen LogP contribution in [0.25, 0.3) is 0 Å².